The Morgan fingerprint density at radius 1 is 1.22 bits per heavy atom. The summed E-state index contributed by atoms with van der Waals surface area (Å²) in [5.74, 6) is 0. The van der Waals surface area contributed by atoms with E-state index in [2.05, 4.69) is 51.5 Å². The summed E-state index contributed by atoms with van der Waals surface area (Å²) in [6.07, 6.45) is 4.96. The number of carbonyl (C=O) groups is 1. The summed E-state index contributed by atoms with van der Waals surface area (Å²) in [6, 6.07) is 0. The highest BCUT2D eigenvalue weighted by atomic mass is 32.3. The van der Waals surface area contributed by atoms with E-state index in [0.29, 0.717) is 5.25 Å². The van der Waals surface area contributed by atoms with Gasteiger partial charge in [-0.3, -0.25) is 0 Å². The van der Waals surface area contributed by atoms with Crippen LogP contribution in [0.5, 0.6) is 0 Å². The first-order valence-corrected chi connectivity index (χ1v) is 8.63. The van der Waals surface area contributed by atoms with E-state index >= 15 is 0 Å². The molecule has 0 aliphatic carbocycles. The molecule has 0 aliphatic rings. The van der Waals surface area contributed by atoms with Crippen LogP contribution in [0.3, 0.4) is 0 Å². The van der Waals surface area contributed by atoms with Crippen LogP contribution >= 0.6 is 10.0 Å². The second kappa shape index (κ2) is 5.55. The summed E-state index contributed by atoms with van der Waals surface area (Å²) in [5.41, 5.74) is -0.601. The van der Waals surface area contributed by atoms with Gasteiger partial charge in [0.05, 0.1) is 6.26 Å². The van der Waals surface area contributed by atoms with Crippen LogP contribution in [0.4, 0.5) is 4.79 Å². The van der Waals surface area contributed by atoms with Crippen molar-refractivity contribution in [2.24, 2.45) is 0 Å². The molecule has 3 nitrogen and oxygen atoms in total. The Morgan fingerprint density at radius 3 is 2.00 bits per heavy atom. The van der Waals surface area contributed by atoms with Gasteiger partial charge in [0.2, 0.25) is 0 Å². The number of carbonyl (C=O) groups excluding carboxylic acids is 1. The van der Waals surface area contributed by atoms with Gasteiger partial charge in [-0.25, -0.2) is 14.8 Å². The molecular formula is C14H28O3S. The van der Waals surface area contributed by atoms with E-state index in [9.17, 15) is 4.79 Å². The first kappa shape index (κ1) is 17.4. The molecule has 18 heavy (non-hydrogen) atoms. The van der Waals surface area contributed by atoms with Crippen LogP contribution in [-0.2, 0) is 9.47 Å². The highest BCUT2D eigenvalue weighted by Gasteiger charge is 2.49. The fourth-order valence-electron chi connectivity index (χ4n) is 1.65. The van der Waals surface area contributed by atoms with Crippen molar-refractivity contribution in [2.75, 3.05) is 12.5 Å². The maximum absolute atomic E-state index is 11.5. The van der Waals surface area contributed by atoms with Gasteiger partial charge in [0.15, 0.2) is 0 Å². The van der Waals surface area contributed by atoms with E-state index < -0.39 is 21.8 Å². The third-order valence-corrected chi connectivity index (χ3v) is 9.94. The molecule has 0 amide bonds. The molecule has 0 saturated carbocycles. The summed E-state index contributed by atoms with van der Waals surface area (Å²) >= 11 is 0. The summed E-state index contributed by atoms with van der Waals surface area (Å²) in [6.45, 7) is 16.0. The molecule has 0 spiro atoms. The third kappa shape index (κ3) is 3.22. The minimum absolute atomic E-state index is 0.131. The second-order valence-electron chi connectivity index (χ2n) is 6.11. The molecule has 4 heteroatoms. The Kier molecular flexibility index (Phi) is 5.36. The SMILES string of the molecule is C=COC(=O)OC(C)(C)C(C)(C)S(C)(C)C(C)C. The van der Waals surface area contributed by atoms with Gasteiger partial charge >= 0.3 is 6.16 Å². The van der Waals surface area contributed by atoms with Gasteiger partial charge in [0.25, 0.3) is 0 Å². The molecule has 0 radical (unpaired) electrons. The molecule has 0 N–H and O–H groups in total. The average Bonchev–Trinajstić information content (AvgIpc) is 2.15. The van der Waals surface area contributed by atoms with Gasteiger partial charge in [0, 0.05) is 4.75 Å². The number of hydrogen-bond acceptors (Lipinski definition) is 3. The summed E-state index contributed by atoms with van der Waals surface area (Å²) in [5, 5.41) is 0.547. The van der Waals surface area contributed by atoms with Crippen LogP contribution in [0, 0.1) is 0 Å². The van der Waals surface area contributed by atoms with Crippen molar-refractivity contribution in [1.82, 2.24) is 0 Å². The zero-order valence-corrected chi connectivity index (χ0v) is 13.8. The number of ether oxygens (including phenoxy) is 2. The normalized spacial score (nSPS) is 14.3. The lowest BCUT2D eigenvalue weighted by molar-refractivity contribution is -0.0171. The minimum Gasteiger partial charge on any atom is -0.427 e. The standard InChI is InChI=1S/C14H28O3S/c1-10-16-12(15)17-13(4,5)14(6,7)18(8,9)11(2)3/h10-11H,1H2,2-9H3. The number of hydrogen-bond donors (Lipinski definition) is 0. The van der Waals surface area contributed by atoms with Gasteiger partial charge < -0.3 is 9.47 Å². The summed E-state index contributed by atoms with van der Waals surface area (Å²) in [4.78, 5) is 11.5. The topological polar surface area (TPSA) is 35.5 Å². The zero-order valence-electron chi connectivity index (χ0n) is 13.0. The Bertz CT molecular complexity index is 317. The van der Waals surface area contributed by atoms with Crippen LogP contribution in [-0.4, -0.2) is 34.3 Å². The fourth-order valence-corrected chi connectivity index (χ4v) is 4.13. The van der Waals surface area contributed by atoms with E-state index in [1.54, 1.807) is 0 Å². The molecule has 0 aliphatic heterocycles. The van der Waals surface area contributed by atoms with Crippen molar-refractivity contribution in [3.8, 4) is 0 Å². The predicted octanol–water partition coefficient (Wildman–Crippen LogP) is 4.31. The lowest BCUT2D eigenvalue weighted by atomic mass is 9.93. The van der Waals surface area contributed by atoms with Gasteiger partial charge in [-0.05, 0) is 45.5 Å². The van der Waals surface area contributed by atoms with Crippen molar-refractivity contribution < 1.29 is 14.3 Å². The van der Waals surface area contributed by atoms with Crippen molar-refractivity contribution in [1.29, 1.82) is 0 Å². The maximum atomic E-state index is 11.5. The molecular weight excluding hydrogens is 248 g/mol. The van der Waals surface area contributed by atoms with Gasteiger partial charge in [0.1, 0.15) is 5.60 Å². The number of rotatable bonds is 5. The molecule has 0 unspecified atom stereocenters. The maximum Gasteiger partial charge on any atom is 0.513 e. The van der Waals surface area contributed by atoms with Crippen LogP contribution in [0.15, 0.2) is 12.8 Å². The first-order chi connectivity index (χ1) is 7.90. The summed E-state index contributed by atoms with van der Waals surface area (Å²) in [7, 11) is -0.953. The lowest BCUT2D eigenvalue weighted by Gasteiger charge is -2.56. The highest BCUT2D eigenvalue weighted by Crippen LogP contribution is 2.61. The fraction of sp³-hybridized carbons (Fsp3) is 0.786. The van der Waals surface area contributed by atoms with Crippen LogP contribution in [0.2, 0.25) is 0 Å². The monoisotopic (exact) mass is 276 g/mol. The van der Waals surface area contributed by atoms with E-state index in [-0.39, 0.29) is 4.75 Å². The average molecular weight is 276 g/mol. The van der Waals surface area contributed by atoms with Crippen LogP contribution in [0.1, 0.15) is 41.5 Å². The Labute approximate surface area is 113 Å². The van der Waals surface area contributed by atoms with Gasteiger partial charge in [-0.1, -0.05) is 20.4 Å². The van der Waals surface area contributed by atoms with Crippen LogP contribution < -0.4 is 0 Å². The van der Waals surface area contributed by atoms with Crippen molar-refractivity contribution in [2.45, 2.75) is 57.1 Å². The predicted molar refractivity (Wildman–Crippen MR) is 80.5 cm³/mol. The lowest BCUT2D eigenvalue weighted by Crippen LogP contribution is -2.52. The van der Waals surface area contributed by atoms with Crippen LogP contribution in [0.25, 0.3) is 0 Å². The zero-order chi connectivity index (χ0) is 14.8. The third-order valence-electron chi connectivity index (χ3n) is 4.46. The van der Waals surface area contributed by atoms with E-state index in [0.717, 1.165) is 6.26 Å². The van der Waals surface area contributed by atoms with Gasteiger partial charge in [-0.15, -0.1) is 0 Å². The van der Waals surface area contributed by atoms with E-state index in [1.165, 1.54) is 0 Å². The van der Waals surface area contributed by atoms with Crippen molar-refractivity contribution in [3.05, 3.63) is 12.8 Å². The Hall–Kier alpha value is -0.640. The quantitative estimate of drug-likeness (QED) is 0.554. The van der Waals surface area contributed by atoms with Gasteiger partial charge in [-0.2, -0.15) is 0 Å². The first-order valence-electron chi connectivity index (χ1n) is 6.12. The largest absolute Gasteiger partial charge is 0.513 e. The molecule has 0 heterocycles. The van der Waals surface area contributed by atoms with Crippen molar-refractivity contribution in [3.63, 3.8) is 0 Å². The Balaban J connectivity index is 5.19. The minimum atomic E-state index is -0.953. The smallest absolute Gasteiger partial charge is 0.427 e. The molecule has 0 rings (SSSR count). The second-order valence-corrected chi connectivity index (χ2v) is 10.9. The molecule has 0 fully saturated rings. The van der Waals surface area contributed by atoms with Crippen molar-refractivity contribution >= 4 is 16.2 Å². The molecule has 0 aromatic rings. The molecule has 108 valence electrons. The molecule has 0 aromatic carbocycles. The molecule has 0 saturated heterocycles. The van der Waals surface area contributed by atoms with E-state index in [4.69, 9.17) is 4.74 Å². The molecule has 0 bridgehead atoms. The summed E-state index contributed by atoms with van der Waals surface area (Å²) < 4.78 is 10.00. The Morgan fingerprint density at radius 2 is 1.67 bits per heavy atom. The molecule has 0 aromatic heterocycles. The molecule has 0 atom stereocenters. The highest BCUT2D eigenvalue weighted by molar-refractivity contribution is 8.34. The van der Waals surface area contributed by atoms with E-state index in [1.807, 2.05) is 13.8 Å².